The highest BCUT2D eigenvalue weighted by atomic mass is 16.6. The van der Waals surface area contributed by atoms with Crippen molar-refractivity contribution in [3.8, 4) is 0 Å². The van der Waals surface area contributed by atoms with Crippen LogP contribution < -0.4 is 5.73 Å². The number of para-hydroxylation sites is 2. The molecule has 3 aromatic rings. The quantitative estimate of drug-likeness (QED) is 0.517. The van der Waals surface area contributed by atoms with Crippen LogP contribution in [0.1, 0.15) is 0 Å². The number of rotatable bonds is 1. The summed E-state index contributed by atoms with van der Waals surface area (Å²) in [5, 5.41) is 11.0. The monoisotopic (exact) mass is 243 g/mol. The van der Waals surface area contributed by atoms with Gasteiger partial charge in [-0.2, -0.15) is 0 Å². The van der Waals surface area contributed by atoms with Gasteiger partial charge in [-0.15, -0.1) is 0 Å². The summed E-state index contributed by atoms with van der Waals surface area (Å²) < 4.78 is 1.48. The molecule has 18 heavy (non-hydrogen) atoms. The molecular weight excluding hydrogens is 234 g/mol. The van der Waals surface area contributed by atoms with Crippen LogP contribution in [0, 0.1) is 10.1 Å². The summed E-state index contributed by atoms with van der Waals surface area (Å²) in [5.41, 5.74) is 7.46. The number of benzene rings is 1. The lowest BCUT2D eigenvalue weighted by atomic mass is 10.3. The Labute approximate surface area is 101 Å². The standard InChI is InChI=1S/C11H9N5O2/c1-15-10(12)9(16(17)18)8-11(15)14-7-5-3-2-4-6(7)13-8/h2-5H,12H2,1H3. The largest absolute Gasteiger partial charge is 0.379 e. The van der Waals surface area contributed by atoms with Crippen LogP contribution in [-0.4, -0.2) is 19.5 Å². The highest BCUT2D eigenvalue weighted by Gasteiger charge is 2.25. The predicted molar refractivity (Wildman–Crippen MR) is 67.1 cm³/mol. The molecule has 0 aliphatic rings. The molecule has 0 radical (unpaired) electrons. The average Bonchev–Trinajstić information content (AvgIpc) is 2.59. The minimum absolute atomic E-state index is 0.0605. The minimum atomic E-state index is -0.527. The zero-order valence-corrected chi connectivity index (χ0v) is 9.49. The zero-order chi connectivity index (χ0) is 12.9. The second kappa shape index (κ2) is 3.39. The van der Waals surface area contributed by atoms with Gasteiger partial charge in [0.25, 0.3) is 0 Å². The van der Waals surface area contributed by atoms with Gasteiger partial charge in [0.2, 0.25) is 0 Å². The summed E-state index contributed by atoms with van der Waals surface area (Å²) in [6, 6.07) is 7.20. The van der Waals surface area contributed by atoms with Crippen molar-refractivity contribution in [1.82, 2.24) is 14.5 Å². The van der Waals surface area contributed by atoms with E-state index < -0.39 is 4.92 Å². The van der Waals surface area contributed by atoms with Crippen molar-refractivity contribution >= 4 is 33.7 Å². The molecule has 0 fully saturated rings. The molecule has 1 aromatic carbocycles. The first-order chi connectivity index (χ1) is 8.59. The third-order valence-corrected chi connectivity index (χ3v) is 2.88. The Morgan fingerprint density at radius 2 is 1.89 bits per heavy atom. The molecule has 0 aliphatic carbocycles. The van der Waals surface area contributed by atoms with Crippen LogP contribution in [0.25, 0.3) is 22.2 Å². The average molecular weight is 243 g/mol. The number of nitrogen functional groups attached to an aromatic ring is 1. The summed E-state index contributed by atoms with van der Waals surface area (Å²) in [6.45, 7) is 0. The Bertz CT molecular complexity index is 793. The molecule has 0 amide bonds. The maximum atomic E-state index is 11.0. The van der Waals surface area contributed by atoms with Gasteiger partial charge >= 0.3 is 5.69 Å². The van der Waals surface area contributed by atoms with Gasteiger partial charge in [-0.05, 0) is 12.1 Å². The second-order valence-corrected chi connectivity index (χ2v) is 3.93. The van der Waals surface area contributed by atoms with E-state index in [9.17, 15) is 10.1 Å². The van der Waals surface area contributed by atoms with Crippen molar-refractivity contribution in [2.75, 3.05) is 5.73 Å². The van der Waals surface area contributed by atoms with E-state index in [0.717, 1.165) is 0 Å². The topological polar surface area (TPSA) is 99.9 Å². The third kappa shape index (κ3) is 1.24. The molecule has 0 saturated carbocycles. The minimum Gasteiger partial charge on any atom is -0.379 e. The van der Waals surface area contributed by atoms with Gasteiger partial charge in [-0.1, -0.05) is 12.1 Å². The molecule has 7 heteroatoms. The highest BCUT2D eigenvalue weighted by Crippen LogP contribution is 2.32. The maximum absolute atomic E-state index is 11.0. The van der Waals surface area contributed by atoms with Gasteiger partial charge in [-0.3, -0.25) is 10.1 Å². The van der Waals surface area contributed by atoms with Crippen molar-refractivity contribution < 1.29 is 4.92 Å². The van der Waals surface area contributed by atoms with Crippen LogP contribution in [-0.2, 0) is 7.05 Å². The normalized spacial score (nSPS) is 11.2. The molecule has 2 N–H and O–H groups in total. The maximum Gasteiger partial charge on any atom is 0.338 e. The van der Waals surface area contributed by atoms with Gasteiger partial charge in [0.05, 0.1) is 16.0 Å². The summed E-state index contributed by atoms with van der Waals surface area (Å²) in [4.78, 5) is 19.1. The van der Waals surface area contributed by atoms with Crippen molar-refractivity contribution in [1.29, 1.82) is 0 Å². The van der Waals surface area contributed by atoms with E-state index in [1.165, 1.54) is 4.57 Å². The van der Waals surface area contributed by atoms with Crippen LogP contribution in [0.15, 0.2) is 24.3 Å². The number of anilines is 1. The van der Waals surface area contributed by atoms with E-state index in [1.54, 1.807) is 25.2 Å². The number of nitrogens with zero attached hydrogens (tertiary/aromatic N) is 4. The number of hydrogen-bond acceptors (Lipinski definition) is 5. The Morgan fingerprint density at radius 3 is 2.50 bits per heavy atom. The van der Waals surface area contributed by atoms with E-state index in [4.69, 9.17) is 5.73 Å². The van der Waals surface area contributed by atoms with Crippen molar-refractivity contribution in [3.05, 3.63) is 34.4 Å². The molecule has 2 aromatic heterocycles. The molecule has 0 spiro atoms. The highest BCUT2D eigenvalue weighted by molar-refractivity contribution is 5.95. The Hall–Kier alpha value is -2.70. The van der Waals surface area contributed by atoms with Crippen molar-refractivity contribution in [2.24, 2.45) is 7.05 Å². The summed E-state index contributed by atoms with van der Waals surface area (Å²) >= 11 is 0. The van der Waals surface area contributed by atoms with Crippen molar-refractivity contribution in [3.63, 3.8) is 0 Å². The van der Waals surface area contributed by atoms with E-state index in [2.05, 4.69) is 9.97 Å². The number of aromatic nitrogens is 3. The first kappa shape index (κ1) is 10.5. The third-order valence-electron chi connectivity index (χ3n) is 2.88. The number of nitrogens with two attached hydrogens (primary N) is 1. The van der Waals surface area contributed by atoms with Gasteiger partial charge in [-0.25, -0.2) is 9.97 Å². The van der Waals surface area contributed by atoms with E-state index in [-0.39, 0.29) is 17.0 Å². The van der Waals surface area contributed by atoms with Gasteiger partial charge in [0, 0.05) is 7.05 Å². The fraction of sp³-hybridized carbons (Fsp3) is 0.0909. The lowest BCUT2D eigenvalue weighted by molar-refractivity contribution is -0.382. The fourth-order valence-electron chi connectivity index (χ4n) is 1.96. The Morgan fingerprint density at radius 1 is 1.28 bits per heavy atom. The summed E-state index contributed by atoms with van der Waals surface area (Å²) in [6.07, 6.45) is 0. The molecule has 0 atom stereocenters. The molecular formula is C11H9N5O2. The van der Waals surface area contributed by atoms with Crippen LogP contribution in [0.4, 0.5) is 11.5 Å². The van der Waals surface area contributed by atoms with E-state index in [1.807, 2.05) is 6.07 Å². The van der Waals surface area contributed by atoms with Gasteiger partial charge < -0.3 is 10.3 Å². The number of aryl methyl sites for hydroxylation is 1. The van der Waals surface area contributed by atoms with Crippen LogP contribution >= 0.6 is 0 Å². The number of hydrogen-bond donors (Lipinski definition) is 1. The van der Waals surface area contributed by atoms with E-state index in [0.29, 0.717) is 16.7 Å². The predicted octanol–water partition coefficient (Wildman–Crippen LogP) is 1.61. The zero-order valence-electron chi connectivity index (χ0n) is 9.49. The van der Waals surface area contributed by atoms with Crippen molar-refractivity contribution in [2.45, 2.75) is 0 Å². The van der Waals surface area contributed by atoms with Crippen LogP contribution in [0.3, 0.4) is 0 Å². The number of fused-ring (bicyclic) bond motifs is 2. The lowest BCUT2D eigenvalue weighted by Crippen LogP contribution is -1.99. The Balaban J connectivity index is 2.54. The van der Waals surface area contributed by atoms with Crippen LogP contribution in [0.5, 0.6) is 0 Å². The second-order valence-electron chi connectivity index (χ2n) is 3.93. The lowest BCUT2D eigenvalue weighted by Gasteiger charge is -1.98. The smallest absolute Gasteiger partial charge is 0.338 e. The fourth-order valence-corrected chi connectivity index (χ4v) is 1.96. The van der Waals surface area contributed by atoms with Gasteiger partial charge in [0.1, 0.15) is 0 Å². The first-order valence-corrected chi connectivity index (χ1v) is 5.24. The van der Waals surface area contributed by atoms with Crippen LogP contribution in [0.2, 0.25) is 0 Å². The molecule has 0 saturated heterocycles. The molecule has 0 bridgehead atoms. The summed E-state index contributed by atoms with van der Waals surface area (Å²) in [7, 11) is 1.63. The Kier molecular flexibility index (Phi) is 1.97. The SMILES string of the molecule is Cn1c(N)c([N+](=O)[O-])c2nc3ccccc3nc21. The molecule has 7 nitrogen and oxygen atoms in total. The van der Waals surface area contributed by atoms with Gasteiger partial charge in [0.15, 0.2) is 17.0 Å². The summed E-state index contributed by atoms with van der Waals surface area (Å²) in [5.74, 6) is 0.0605. The molecule has 0 aliphatic heterocycles. The number of nitro groups is 1. The van der Waals surface area contributed by atoms with E-state index >= 15 is 0 Å². The molecule has 2 heterocycles. The molecule has 0 unspecified atom stereocenters. The molecule has 90 valence electrons. The first-order valence-electron chi connectivity index (χ1n) is 5.24. The molecule has 3 rings (SSSR count).